The van der Waals surface area contributed by atoms with Crippen LogP contribution in [0, 0.1) is 5.92 Å². The minimum absolute atomic E-state index is 0.00245. The molecule has 172 valence electrons. The van der Waals surface area contributed by atoms with Crippen LogP contribution in [0.3, 0.4) is 0 Å². The summed E-state index contributed by atoms with van der Waals surface area (Å²) in [5.74, 6) is -2.22. The molecule has 1 unspecified atom stereocenters. The van der Waals surface area contributed by atoms with Gasteiger partial charge >= 0.3 is 0 Å². The molecule has 4 rings (SSSR count). The number of rotatable bonds is 6. The second-order valence-corrected chi connectivity index (χ2v) is 9.73. The summed E-state index contributed by atoms with van der Waals surface area (Å²) in [6.45, 7) is 2.32. The Kier molecular flexibility index (Phi) is 6.32. The van der Waals surface area contributed by atoms with Crippen LogP contribution >= 0.6 is 23.1 Å². The lowest BCUT2D eigenvalue weighted by Gasteiger charge is -2.44. The summed E-state index contributed by atoms with van der Waals surface area (Å²) in [5, 5.41) is 5.62. The molecule has 0 aromatic carbocycles. The Bertz CT molecular complexity index is 1010. The van der Waals surface area contributed by atoms with E-state index < -0.39 is 24.0 Å². The number of thioether (sulfide) groups is 1. The maximum atomic E-state index is 12.9. The summed E-state index contributed by atoms with van der Waals surface area (Å²) in [4.78, 5) is 29.6. The van der Waals surface area contributed by atoms with E-state index in [9.17, 15) is 13.6 Å². The Labute approximate surface area is 191 Å². The van der Waals surface area contributed by atoms with Gasteiger partial charge in [0.05, 0.1) is 25.1 Å². The number of nitrogens with zero attached hydrogens (tertiary/aromatic N) is 4. The number of ether oxygens (including phenoxy) is 2. The standard InChI is InChI=1S/C19H22F2N6O3S2/c1-10-3-11-6-32-17(22)27-19(11,9-29-10)16-26-13(7-31-16)25-15(28)12-4-24-14(5-23-12)30-8-18(2,20)21/h4-5,7,10-11H,3,6,8-9H2,1-2H3,(H2,22,27)(H,25,28)/t10-,11-,19?/m0/s1. The number of fused-ring (bicyclic) bond motifs is 1. The topological polar surface area (TPSA) is 125 Å². The van der Waals surface area contributed by atoms with Gasteiger partial charge in [0.15, 0.2) is 11.8 Å². The van der Waals surface area contributed by atoms with Crippen LogP contribution in [-0.2, 0) is 10.3 Å². The predicted octanol–water partition coefficient (Wildman–Crippen LogP) is 2.90. The number of anilines is 1. The van der Waals surface area contributed by atoms with Gasteiger partial charge in [-0.3, -0.25) is 4.79 Å². The molecule has 32 heavy (non-hydrogen) atoms. The maximum absolute atomic E-state index is 12.9. The molecule has 1 fully saturated rings. The molecule has 0 spiro atoms. The zero-order chi connectivity index (χ0) is 22.9. The fourth-order valence-corrected chi connectivity index (χ4v) is 5.47. The van der Waals surface area contributed by atoms with E-state index in [0.717, 1.165) is 36.5 Å². The first-order valence-corrected chi connectivity index (χ1v) is 11.7. The average Bonchev–Trinajstić information content (AvgIpc) is 3.21. The molecule has 0 radical (unpaired) electrons. The van der Waals surface area contributed by atoms with Gasteiger partial charge in [-0.05, 0) is 13.3 Å². The number of carbonyl (C=O) groups excluding carboxylic acids is 1. The molecule has 13 heteroatoms. The minimum atomic E-state index is -2.99. The van der Waals surface area contributed by atoms with Gasteiger partial charge in [-0.2, -0.15) is 0 Å². The number of aliphatic imine (C=N–C) groups is 1. The lowest BCUT2D eigenvalue weighted by Crippen LogP contribution is -2.49. The van der Waals surface area contributed by atoms with Gasteiger partial charge in [-0.25, -0.2) is 28.7 Å². The summed E-state index contributed by atoms with van der Waals surface area (Å²) in [7, 11) is 0. The fourth-order valence-electron chi connectivity index (χ4n) is 3.50. The van der Waals surface area contributed by atoms with E-state index in [4.69, 9.17) is 20.2 Å². The normalized spacial score (nSPS) is 25.6. The Balaban J connectivity index is 1.46. The quantitative estimate of drug-likeness (QED) is 0.641. The largest absolute Gasteiger partial charge is 0.470 e. The van der Waals surface area contributed by atoms with Crippen LogP contribution in [0.5, 0.6) is 5.88 Å². The van der Waals surface area contributed by atoms with Crippen molar-refractivity contribution in [2.24, 2.45) is 16.6 Å². The molecule has 2 aromatic rings. The van der Waals surface area contributed by atoms with Crippen molar-refractivity contribution in [3.8, 4) is 5.88 Å². The van der Waals surface area contributed by atoms with Crippen LogP contribution in [0.2, 0.25) is 0 Å². The van der Waals surface area contributed by atoms with E-state index in [-0.39, 0.29) is 23.6 Å². The van der Waals surface area contributed by atoms with Crippen LogP contribution < -0.4 is 15.8 Å². The molecule has 0 aliphatic carbocycles. The number of aromatic nitrogens is 3. The van der Waals surface area contributed by atoms with Gasteiger partial charge in [0, 0.05) is 24.0 Å². The fraction of sp³-hybridized carbons (Fsp3) is 0.526. The SMILES string of the molecule is C[C@H]1C[C@H]2CSC(N)=NC2(c2nc(NC(=O)c3cnc(OCC(C)(F)F)cn3)cs2)CO1. The summed E-state index contributed by atoms with van der Waals surface area (Å²) in [5.41, 5.74) is 5.36. The van der Waals surface area contributed by atoms with Crippen molar-refractivity contribution < 1.29 is 23.0 Å². The highest BCUT2D eigenvalue weighted by atomic mass is 32.2. The highest BCUT2D eigenvalue weighted by Gasteiger charge is 2.49. The molecule has 4 heterocycles. The van der Waals surface area contributed by atoms with Gasteiger partial charge in [0.2, 0.25) is 5.88 Å². The van der Waals surface area contributed by atoms with E-state index in [1.54, 1.807) is 5.38 Å². The number of amides is 1. The molecule has 2 aliphatic rings. The van der Waals surface area contributed by atoms with Crippen molar-refractivity contribution in [1.82, 2.24) is 15.0 Å². The van der Waals surface area contributed by atoms with Crippen molar-refractivity contribution in [2.75, 3.05) is 24.3 Å². The zero-order valence-electron chi connectivity index (χ0n) is 17.4. The number of nitrogens with one attached hydrogen (secondary N) is 1. The second-order valence-electron chi connectivity index (χ2n) is 7.83. The smallest absolute Gasteiger partial charge is 0.278 e. The third kappa shape index (κ3) is 4.99. The summed E-state index contributed by atoms with van der Waals surface area (Å²) < 4.78 is 36.5. The average molecular weight is 485 g/mol. The highest BCUT2D eigenvalue weighted by molar-refractivity contribution is 8.13. The van der Waals surface area contributed by atoms with Crippen LogP contribution in [0.25, 0.3) is 0 Å². The summed E-state index contributed by atoms with van der Waals surface area (Å²) in [6, 6.07) is 0. The highest BCUT2D eigenvalue weighted by Crippen LogP contribution is 2.47. The van der Waals surface area contributed by atoms with Crippen molar-refractivity contribution in [2.45, 2.75) is 37.8 Å². The van der Waals surface area contributed by atoms with Crippen molar-refractivity contribution in [3.63, 3.8) is 0 Å². The molecule has 3 N–H and O–H groups in total. The van der Waals surface area contributed by atoms with Crippen molar-refractivity contribution in [1.29, 1.82) is 0 Å². The number of halogens is 2. The molecular formula is C19H22F2N6O3S2. The maximum Gasteiger partial charge on any atom is 0.278 e. The number of carbonyl (C=O) groups is 1. The number of thiazole rings is 1. The monoisotopic (exact) mass is 484 g/mol. The second kappa shape index (κ2) is 8.87. The Morgan fingerprint density at radius 2 is 2.25 bits per heavy atom. The molecule has 2 aliphatic heterocycles. The van der Waals surface area contributed by atoms with Crippen molar-refractivity contribution in [3.05, 3.63) is 28.5 Å². The Hall–Kier alpha value is -2.38. The summed E-state index contributed by atoms with van der Waals surface area (Å²) in [6.07, 6.45) is 3.25. The first-order chi connectivity index (χ1) is 15.1. The molecule has 3 atom stereocenters. The number of amidine groups is 1. The first-order valence-electron chi connectivity index (χ1n) is 9.84. The van der Waals surface area contributed by atoms with E-state index in [2.05, 4.69) is 20.3 Å². The van der Waals surface area contributed by atoms with E-state index in [1.807, 2.05) is 6.92 Å². The number of hydrogen-bond acceptors (Lipinski definition) is 10. The molecule has 0 bridgehead atoms. The lowest BCUT2D eigenvalue weighted by molar-refractivity contribution is -0.0466. The molecule has 9 nitrogen and oxygen atoms in total. The Morgan fingerprint density at radius 3 is 2.97 bits per heavy atom. The van der Waals surface area contributed by atoms with Crippen LogP contribution in [0.1, 0.15) is 35.8 Å². The first kappa shape index (κ1) is 22.8. The number of nitrogens with two attached hydrogens (primary N) is 1. The predicted molar refractivity (Wildman–Crippen MR) is 117 cm³/mol. The van der Waals surface area contributed by atoms with Gasteiger partial charge in [-0.1, -0.05) is 11.8 Å². The van der Waals surface area contributed by atoms with E-state index >= 15 is 0 Å². The van der Waals surface area contributed by atoms with Crippen LogP contribution in [-0.4, -0.2) is 57.0 Å². The van der Waals surface area contributed by atoms with Gasteiger partial charge in [-0.15, -0.1) is 11.3 Å². The van der Waals surface area contributed by atoms with Crippen LogP contribution in [0.4, 0.5) is 14.6 Å². The molecular weight excluding hydrogens is 462 g/mol. The van der Waals surface area contributed by atoms with Crippen molar-refractivity contribution >= 4 is 40.0 Å². The minimum Gasteiger partial charge on any atom is -0.470 e. The molecule has 1 saturated heterocycles. The van der Waals surface area contributed by atoms with E-state index in [1.165, 1.54) is 23.1 Å². The third-order valence-corrected chi connectivity index (χ3v) is 7.04. The molecule has 0 saturated carbocycles. The molecule has 1 amide bonds. The zero-order valence-corrected chi connectivity index (χ0v) is 19.0. The molecule has 2 aromatic heterocycles. The number of hydrogen-bond donors (Lipinski definition) is 2. The Morgan fingerprint density at radius 1 is 1.44 bits per heavy atom. The van der Waals surface area contributed by atoms with Gasteiger partial charge in [0.1, 0.15) is 22.1 Å². The number of alkyl halides is 2. The summed E-state index contributed by atoms with van der Waals surface area (Å²) >= 11 is 2.91. The third-order valence-electron chi connectivity index (χ3n) is 5.07. The van der Waals surface area contributed by atoms with Gasteiger partial charge < -0.3 is 20.5 Å². The van der Waals surface area contributed by atoms with Gasteiger partial charge in [0.25, 0.3) is 11.8 Å². The van der Waals surface area contributed by atoms with Crippen LogP contribution in [0.15, 0.2) is 22.8 Å². The van der Waals surface area contributed by atoms with E-state index in [0.29, 0.717) is 17.6 Å². The lowest BCUT2D eigenvalue weighted by atomic mass is 9.80.